The van der Waals surface area contributed by atoms with Crippen LogP contribution in [0.1, 0.15) is 36.2 Å². The summed E-state index contributed by atoms with van der Waals surface area (Å²) in [6.45, 7) is 1.75. The average molecular weight is 495 g/mol. The number of ketones is 1. The maximum absolute atomic E-state index is 13.6. The van der Waals surface area contributed by atoms with Crippen LogP contribution in [-0.4, -0.2) is 34.2 Å². The largest absolute Gasteiger partial charge is 0.435 e. The number of halogens is 4. The highest BCUT2D eigenvalue weighted by atomic mass is 32.2. The summed E-state index contributed by atoms with van der Waals surface area (Å²) in [5, 5.41) is 2.69. The number of aromatic nitrogens is 3. The summed E-state index contributed by atoms with van der Waals surface area (Å²) in [7, 11) is -3.85. The number of sulfone groups is 1. The van der Waals surface area contributed by atoms with Gasteiger partial charge in [-0.15, -0.1) is 0 Å². The molecule has 4 rings (SSSR count). The lowest BCUT2D eigenvalue weighted by molar-refractivity contribution is -0.142. The smallest absolute Gasteiger partial charge is 0.299 e. The molecular weight excluding hydrogens is 474 g/mol. The number of aryl methyl sites for hydroxylation is 2. The second-order valence-corrected chi connectivity index (χ2v) is 10.5. The van der Waals surface area contributed by atoms with Crippen molar-refractivity contribution in [1.82, 2.24) is 14.8 Å². The Morgan fingerprint density at radius 3 is 2.38 bits per heavy atom. The number of nitrogens with zero attached hydrogens (tertiary/aromatic N) is 3. The molecule has 1 fully saturated rings. The maximum Gasteiger partial charge on any atom is 0.435 e. The van der Waals surface area contributed by atoms with E-state index in [4.69, 9.17) is 0 Å². The minimum absolute atomic E-state index is 0.0799. The van der Waals surface area contributed by atoms with Crippen molar-refractivity contribution < 1.29 is 30.8 Å². The van der Waals surface area contributed by atoms with E-state index >= 15 is 0 Å². The van der Waals surface area contributed by atoms with E-state index in [2.05, 4.69) is 10.1 Å². The number of hydrogen-bond donors (Lipinski definition) is 0. The molecule has 0 spiro atoms. The molecule has 2 aromatic heterocycles. The van der Waals surface area contributed by atoms with Crippen molar-refractivity contribution in [3.8, 4) is 5.69 Å². The molecule has 0 radical (unpaired) electrons. The predicted octanol–water partition coefficient (Wildman–Crippen LogP) is 4.49. The van der Waals surface area contributed by atoms with Gasteiger partial charge in [0.05, 0.1) is 22.0 Å². The molecule has 1 aromatic carbocycles. The minimum atomic E-state index is -4.72. The first kappa shape index (κ1) is 24.1. The first-order valence-corrected chi connectivity index (χ1v) is 12.1. The van der Waals surface area contributed by atoms with Crippen LogP contribution >= 0.6 is 0 Å². The third kappa shape index (κ3) is 4.75. The summed E-state index contributed by atoms with van der Waals surface area (Å²) in [5.74, 6) is -1.80. The van der Waals surface area contributed by atoms with E-state index in [-0.39, 0.29) is 29.7 Å². The van der Waals surface area contributed by atoms with Gasteiger partial charge >= 0.3 is 6.18 Å². The molecule has 34 heavy (non-hydrogen) atoms. The van der Waals surface area contributed by atoms with Crippen LogP contribution in [0.2, 0.25) is 0 Å². The number of benzene rings is 1. The number of hydrogen-bond acceptors (Lipinski definition) is 5. The number of carbonyl (C=O) groups is 1. The van der Waals surface area contributed by atoms with E-state index in [0.717, 1.165) is 28.9 Å². The summed E-state index contributed by atoms with van der Waals surface area (Å²) in [6.07, 6.45) is -1.97. The van der Waals surface area contributed by atoms with E-state index in [9.17, 15) is 30.8 Å². The molecule has 0 aliphatic heterocycles. The molecular formula is C23H21F4N3O3S. The van der Waals surface area contributed by atoms with Gasteiger partial charge in [-0.1, -0.05) is 0 Å². The molecule has 0 unspecified atom stereocenters. The molecule has 2 heterocycles. The zero-order chi connectivity index (χ0) is 24.7. The van der Waals surface area contributed by atoms with E-state index in [1.807, 2.05) is 0 Å². The van der Waals surface area contributed by atoms with Crippen molar-refractivity contribution >= 4 is 15.6 Å². The van der Waals surface area contributed by atoms with Gasteiger partial charge in [0.25, 0.3) is 0 Å². The lowest BCUT2D eigenvalue weighted by Crippen LogP contribution is -2.43. The van der Waals surface area contributed by atoms with Gasteiger partial charge in [0.15, 0.2) is 15.5 Å². The van der Waals surface area contributed by atoms with E-state index < -0.39 is 44.5 Å². The van der Waals surface area contributed by atoms with Crippen LogP contribution in [0.25, 0.3) is 5.69 Å². The second-order valence-electron chi connectivity index (χ2n) is 8.29. The molecule has 11 heteroatoms. The summed E-state index contributed by atoms with van der Waals surface area (Å²) in [4.78, 5) is 16.8. The second kappa shape index (κ2) is 8.94. The van der Waals surface area contributed by atoms with Crippen molar-refractivity contribution in [3.63, 3.8) is 0 Å². The third-order valence-electron chi connectivity index (χ3n) is 6.02. The van der Waals surface area contributed by atoms with Gasteiger partial charge in [-0.3, -0.25) is 9.78 Å². The Morgan fingerprint density at radius 2 is 1.82 bits per heavy atom. The molecule has 2 atom stereocenters. The molecule has 1 aliphatic carbocycles. The van der Waals surface area contributed by atoms with Crippen molar-refractivity contribution in [2.24, 2.45) is 5.92 Å². The van der Waals surface area contributed by atoms with Crippen LogP contribution in [0.5, 0.6) is 0 Å². The molecule has 1 aliphatic rings. The van der Waals surface area contributed by atoms with Crippen LogP contribution < -0.4 is 0 Å². The Hall–Kier alpha value is -3.08. The van der Waals surface area contributed by atoms with Gasteiger partial charge in [-0.2, -0.15) is 18.3 Å². The molecule has 1 saturated carbocycles. The maximum atomic E-state index is 13.6. The number of pyridine rings is 1. The number of Topliss-reactive ketones (excluding diaryl/α,β-unsaturated/α-hetero) is 1. The summed E-state index contributed by atoms with van der Waals surface area (Å²) in [6, 6.07) is 7.59. The van der Waals surface area contributed by atoms with Crippen molar-refractivity contribution in [2.75, 3.05) is 0 Å². The quantitative estimate of drug-likeness (QED) is 0.356. The summed E-state index contributed by atoms with van der Waals surface area (Å²) in [5.41, 5.74) is -0.204. The van der Waals surface area contributed by atoms with Crippen LogP contribution in [0.15, 0.2) is 53.7 Å². The lowest BCUT2D eigenvalue weighted by atomic mass is 9.80. The van der Waals surface area contributed by atoms with Crippen LogP contribution in [0.4, 0.5) is 17.6 Å². The first-order valence-electron chi connectivity index (χ1n) is 10.6. The Kier molecular flexibility index (Phi) is 6.32. The average Bonchev–Trinajstić information content (AvgIpc) is 3.17. The van der Waals surface area contributed by atoms with E-state index in [0.29, 0.717) is 17.8 Å². The van der Waals surface area contributed by atoms with Crippen molar-refractivity contribution in [2.45, 2.75) is 48.9 Å². The lowest BCUT2D eigenvalue weighted by Gasteiger charge is -2.35. The summed E-state index contributed by atoms with van der Waals surface area (Å²) >= 11 is 0. The molecule has 0 saturated heterocycles. The fourth-order valence-corrected chi connectivity index (χ4v) is 6.04. The number of carbonyl (C=O) groups excluding carboxylic acids is 1. The molecule has 0 N–H and O–H groups in total. The van der Waals surface area contributed by atoms with E-state index in [1.165, 1.54) is 12.4 Å². The monoisotopic (exact) mass is 495 g/mol. The Balaban J connectivity index is 1.50. The summed E-state index contributed by atoms with van der Waals surface area (Å²) < 4.78 is 80.6. The normalized spacial score (nSPS) is 18.5. The molecule has 6 nitrogen and oxygen atoms in total. The Bertz CT molecular complexity index is 1300. The van der Waals surface area contributed by atoms with Gasteiger partial charge in [-0.25, -0.2) is 17.5 Å². The molecule has 0 bridgehead atoms. The predicted molar refractivity (Wildman–Crippen MR) is 115 cm³/mol. The van der Waals surface area contributed by atoms with Crippen molar-refractivity contribution in [3.05, 3.63) is 71.6 Å². The van der Waals surface area contributed by atoms with Gasteiger partial charge in [0.1, 0.15) is 11.6 Å². The highest BCUT2D eigenvalue weighted by molar-refractivity contribution is 7.92. The van der Waals surface area contributed by atoms with Crippen molar-refractivity contribution in [1.29, 1.82) is 0 Å². The Labute approximate surface area is 193 Å². The number of rotatable bonds is 7. The van der Waals surface area contributed by atoms with E-state index in [1.54, 1.807) is 19.1 Å². The first-order chi connectivity index (χ1) is 16.0. The zero-order valence-corrected chi connectivity index (χ0v) is 18.9. The molecule has 180 valence electrons. The van der Waals surface area contributed by atoms with Crippen LogP contribution in [-0.2, 0) is 27.2 Å². The fourth-order valence-electron chi connectivity index (χ4n) is 4.01. The van der Waals surface area contributed by atoms with Crippen LogP contribution in [0, 0.1) is 18.7 Å². The Morgan fingerprint density at radius 1 is 1.12 bits per heavy atom. The van der Waals surface area contributed by atoms with Gasteiger partial charge in [0.2, 0.25) is 0 Å². The van der Waals surface area contributed by atoms with Gasteiger partial charge in [0, 0.05) is 29.8 Å². The van der Waals surface area contributed by atoms with Gasteiger partial charge < -0.3 is 0 Å². The standard InChI is InChI=1S/C23H21F4N3O3S/c1-14-2-6-17(12-28-14)30-13-15(22(29-30)23(25,26)27)3-10-20(31)19-9-11-21(19)34(32,33)18-7-4-16(24)5-8-18/h2,4-8,12-13,19,21H,3,9-11H2,1H3/t19-,21-/m0/s1. The third-order valence-corrected chi connectivity index (χ3v) is 8.32. The topological polar surface area (TPSA) is 81.9 Å². The zero-order valence-electron chi connectivity index (χ0n) is 18.1. The van der Waals surface area contributed by atoms with Gasteiger partial charge in [-0.05, 0) is 62.6 Å². The number of alkyl halides is 3. The highest BCUT2D eigenvalue weighted by Crippen LogP contribution is 2.39. The molecule has 3 aromatic rings. The molecule has 0 amide bonds. The van der Waals surface area contributed by atoms with Crippen LogP contribution in [0.3, 0.4) is 0 Å². The highest BCUT2D eigenvalue weighted by Gasteiger charge is 2.45. The SMILES string of the molecule is Cc1ccc(-n2cc(CCC(=O)[C@@H]3CC[C@@H]3S(=O)(=O)c3ccc(F)cc3)c(C(F)(F)F)n2)cn1. The minimum Gasteiger partial charge on any atom is -0.299 e. The fraction of sp³-hybridized carbons (Fsp3) is 0.348.